The third-order valence-corrected chi connectivity index (χ3v) is 4.83. The highest BCUT2D eigenvalue weighted by atomic mass is 16.5. The van der Waals surface area contributed by atoms with E-state index in [1.807, 2.05) is 6.20 Å². The van der Waals surface area contributed by atoms with Crippen LogP contribution in [0.15, 0.2) is 6.20 Å². The largest absolute Gasteiger partial charge is 0.493 e. The molecule has 1 aromatic rings. The quantitative estimate of drug-likeness (QED) is 0.838. The summed E-state index contributed by atoms with van der Waals surface area (Å²) in [6, 6.07) is 0.291. The fraction of sp³-hybridized carbons (Fsp3) is 0.812. The van der Waals surface area contributed by atoms with E-state index < -0.39 is 0 Å². The summed E-state index contributed by atoms with van der Waals surface area (Å²) >= 11 is 0. The van der Waals surface area contributed by atoms with E-state index in [0.717, 1.165) is 18.8 Å². The summed E-state index contributed by atoms with van der Waals surface area (Å²) in [5.41, 5.74) is 1.49. The Morgan fingerprint density at radius 1 is 1.43 bits per heavy atom. The van der Waals surface area contributed by atoms with Crippen molar-refractivity contribution in [1.29, 1.82) is 0 Å². The molecule has 1 aliphatic carbocycles. The van der Waals surface area contributed by atoms with Gasteiger partial charge in [0.2, 0.25) is 0 Å². The molecule has 0 radical (unpaired) electrons. The number of methoxy groups -OCH3 is 1. The van der Waals surface area contributed by atoms with Gasteiger partial charge in [0, 0.05) is 6.54 Å². The second-order valence-electron chi connectivity index (χ2n) is 6.71. The normalized spacial score (nSPS) is 19.1. The van der Waals surface area contributed by atoms with E-state index in [1.54, 1.807) is 7.11 Å². The molecule has 1 aromatic heterocycles. The van der Waals surface area contributed by atoms with Gasteiger partial charge >= 0.3 is 0 Å². The van der Waals surface area contributed by atoms with Crippen LogP contribution in [0.2, 0.25) is 0 Å². The molecule has 0 amide bonds. The van der Waals surface area contributed by atoms with E-state index in [0.29, 0.717) is 6.04 Å². The van der Waals surface area contributed by atoms with Crippen molar-refractivity contribution in [2.45, 2.75) is 45.2 Å². The van der Waals surface area contributed by atoms with Crippen molar-refractivity contribution in [2.75, 3.05) is 34.8 Å². The second-order valence-corrected chi connectivity index (χ2v) is 6.71. The minimum atomic E-state index is 0.290. The Morgan fingerprint density at radius 3 is 2.62 bits per heavy atom. The smallest absolute Gasteiger partial charge is 0.161 e. The van der Waals surface area contributed by atoms with Crippen LogP contribution >= 0.6 is 0 Å². The molecule has 2 rings (SSSR count). The Bertz CT molecular complexity index is 449. The second kappa shape index (κ2) is 6.79. The van der Waals surface area contributed by atoms with Crippen LogP contribution in [0.1, 0.15) is 44.3 Å². The SMILES string of the molecule is CNC(c1c(OC)cnn1CCN(C)C)C1(C)CCCC1. The first-order valence-electron chi connectivity index (χ1n) is 7.93. The number of rotatable bonds is 7. The fourth-order valence-corrected chi connectivity index (χ4v) is 3.59. The lowest BCUT2D eigenvalue weighted by Crippen LogP contribution is -2.35. The summed E-state index contributed by atoms with van der Waals surface area (Å²) in [5.74, 6) is 0.904. The highest BCUT2D eigenvalue weighted by Crippen LogP contribution is 2.48. The van der Waals surface area contributed by atoms with Crippen molar-refractivity contribution in [2.24, 2.45) is 5.41 Å². The number of ether oxygens (including phenoxy) is 1. The minimum absolute atomic E-state index is 0.290. The zero-order valence-electron chi connectivity index (χ0n) is 14.1. The van der Waals surface area contributed by atoms with Crippen LogP contribution in [0.3, 0.4) is 0 Å². The van der Waals surface area contributed by atoms with E-state index in [-0.39, 0.29) is 5.41 Å². The van der Waals surface area contributed by atoms with Gasteiger partial charge in [-0.2, -0.15) is 5.10 Å². The van der Waals surface area contributed by atoms with Gasteiger partial charge in [-0.05, 0) is 39.4 Å². The van der Waals surface area contributed by atoms with Crippen molar-refractivity contribution in [3.8, 4) is 5.75 Å². The number of nitrogens with zero attached hydrogens (tertiary/aromatic N) is 3. The van der Waals surface area contributed by atoms with E-state index in [1.165, 1.54) is 31.4 Å². The molecule has 0 aromatic carbocycles. The minimum Gasteiger partial charge on any atom is -0.493 e. The van der Waals surface area contributed by atoms with Gasteiger partial charge in [-0.3, -0.25) is 4.68 Å². The molecule has 1 saturated carbocycles. The Morgan fingerprint density at radius 2 is 2.10 bits per heavy atom. The average Bonchev–Trinajstić information content (AvgIpc) is 3.05. The average molecular weight is 294 g/mol. The van der Waals surface area contributed by atoms with Crippen LogP contribution in [0.25, 0.3) is 0 Å². The third kappa shape index (κ3) is 3.40. The van der Waals surface area contributed by atoms with Crippen molar-refractivity contribution in [3.05, 3.63) is 11.9 Å². The lowest BCUT2D eigenvalue weighted by Gasteiger charge is -2.34. The monoisotopic (exact) mass is 294 g/mol. The van der Waals surface area contributed by atoms with Gasteiger partial charge in [0.25, 0.3) is 0 Å². The van der Waals surface area contributed by atoms with Gasteiger partial charge in [0.1, 0.15) is 0 Å². The molecule has 5 heteroatoms. The molecule has 0 bridgehead atoms. The van der Waals surface area contributed by atoms with Crippen LogP contribution in [0.5, 0.6) is 5.75 Å². The maximum atomic E-state index is 5.58. The van der Waals surface area contributed by atoms with Crippen LogP contribution in [0.4, 0.5) is 0 Å². The number of nitrogens with one attached hydrogen (secondary N) is 1. The Labute approximate surface area is 128 Å². The lowest BCUT2D eigenvalue weighted by molar-refractivity contribution is 0.215. The Hall–Kier alpha value is -1.07. The van der Waals surface area contributed by atoms with Crippen molar-refractivity contribution in [1.82, 2.24) is 20.0 Å². The van der Waals surface area contributed by atoms with Crippen LogP contribution in [-0.2, 0) is 6.54 Å². The summed E-state index contributed by atoms with van der Waals surface area (Å²) in [6.45, 7) is 4.26. The van der Waals surface area contributed by atoms with Crippen LogP contribution in [-0.4, -0.2) is 49.5 Å². The van der Waals surface area contributed by atoms with E-state index in [4.69, 9.17) is 4.74 Å². The molecule has 1 atom stereocenters. The molecule has 1 unspecified atom stereocenters. The van der Waals surface area contributed by atoms with Crippen molar-refractivity contribution < 1.29 is 4.74 Å². The van der Waals surface area contributed by atoms with E-state index in [2.05, 4.69) is 48.1 Å². The number of hydrogen-bond acceptors (Lipinski definition) is 4. The number of likely N-dealkylation sites (N-methyl/N-ethyl adjacent to an activating group) is 1. The molecule has 1 aliphatic rings. The molecule has 120 valence electrons. The lowest BCUT2D eigenvalue weighted by atomic mass is 9.79. The summed E-state index contributed by atoms with van der Waals surface area (Å²) in [6.07, 6.45) is 7.03. The topological polar surface area (TPSA) is 42.3 Å². The highest BCUT2D eigenvalue weighted by Gasteiger charge is 2.40. The van der Waals surface area contributed by atoms with Crippen molar-refractivity contribution >= 4 is 0 Å². The van der Waals surface area contributed by atoms with Crippen molar-refractivity contribution in [3.63, 3.8) is 0 Å². The Balaban J connectivity index is 2.31. The number of aromatic nitrogens is 2. The predicted molar refractivity (Wildman–Crippen MR) is 85.7 cm³/mol. The summed E-state index contributed by atoms with van der Waals surface area (Å²) < 4.78 is 7.70. The van der Waals surface area contributed by atoms with Gasteiger partial charge in [0.05, 0.1) is 31.6 Å². The maximum Gasteiger partial charge on any atom is 0.161 e. The van der Waals surface area contributed by atoms with Gasteiger partial charge in [-0.1, -0.05) is 19.8 Å². The summed E-state index contributed by atoms with van der Waals surface area (Å²) in [4.78, 5) is 2.18. The molecule has 0 spiro atoms. The van der Waals surface area contributed by atoms with Crippen LogP contribution < -0.4 is 10.1 Å². The zero-order valence-corrected chi connectivity index (χ0v) is 14.1. The summed E-state index contributed by atoms with van der Waals surface area (Å²) in [5, 5.41) is 8.09. The number of hydrogen-bond donors (Lipinski definition) is 1. The molecule has 1 fully saturated rings. The first-order valence-corrected chi connectivity index (χ1v) is 7.93. The Kier molecular flexibility index (Phi) is 5.27. The van der Waals surface area contributed by atoms with Gasteiger partial charge in [0.15, 0.2) is 5.75 Å². The fourth-order valence-electron chi connectivity index (χ4n) is 3.59. The molecule has 1 heterocycles. The van der Waals surface area contributed by atoms with Gasteiger partial charge < -0.3 is 15.0 Å². The molecule has 5 nitrogen and oxygen atoms in total. The standard InChI is InChI=1S/C16H30N4O/c1-16(8-6-7-9-16)15(17-2)14-13(21-5)12-18-20(14)11-10-19(3)4/h12,15,17H,6-11H2,1-5H3. The molecule has 0 saturated heterocycles. The van der Waals surface area contributed by atoms with Crippen LogP contribution in [0, 0.1) is 5.41 Å². The zero-order chi connectivity index (χ0) is 15.5. The molecular weight excluding hydrogens is 264 g/mol. The molecule has 21 heavy (non-hydrogen) atoms. The van der Waals surface area contributed by atoms with E-state index >= 15 is 0 Å². The molecule has 0 aliphatic heterocycles. The first kappa shape index (κ1) is 16.3. The first-order chi connectivity index (χ1) is 10.0. The van der Waals surface area contributed by atoms with E-state index in [9.17, 15) is 0 Å². The van der Waals surface area contributed by atoms with Gasteiger partial charge in [-0.25, -0.2) is 0 Å². The third-order valence-electron chi connectivity index (χ3n) is 4.83. The molecular formula is C16H30N4O. The summed E-state index contributed by atoms with van der Waals surface area (Å²) in [7, 11) is 7.97. The highest BCUT2D eigenvalue weighted by molar-refractivity contribution is 5.30. The predicted octanol–water partition coefficient (Wildman–Crippen LogP) is 2.29. The maximum absolute atomic E-state index is 5.58. The van der Waals surface area contributed by atoms with Gasteiger partial charge in [-0.15, -0.1) is 0 Å². The molecule has 1 N–H and O–H groups in total.